The van der Waals surface area contributed by atoms with E-state index < -0.39 is 0 Å². The summed E-state index contributed by atoms with van der Waals surface area (Å²) in [6, 6.07) is 9.74. The van der Waals surface area contributed by atoms with Gasteiger partial charge in [-0.3, -0.25) is 4.90 Å². The van der Waals surface area contributed by atoms with Gasteiger partial charge in [0.1, 0.15) is 12.4 Å². The van der Waals surface area contributed by atoms with E-state index in [-0.39, 0.29) is 18.8 Å². The van der Waals surface area contributed by atoms with Crippen molar-refractivity contribution in [3.05, 3.63) is 29.8 Å². The van der Waals surface area contributed by atoms with Crippen LogP contribution in [-0.4, -0.2) is 55.1 Å². The highest BCUT2D eigenvalue weighted by atomic mass is 16.5. The van der Waals surface area contributed by atoms with Gasteiger partial charge in [-0.2, -0.15) is 5.26 Å². The van der Waals surface area contributed by atoms with Gasteiger partial charge >= 0.3 is 0 Å². The van der Waals surface area contributed by atoms with E-state index in [4.69, 9.17) is 14.7 Å². The van der Waals surface area contributed by atoms with Crippen molar-refractivity contribution < 1.29 is 14.6 Å². The van der Waals surface area contributed by atoms with Gasteiger partial charge in [-0.05, 0) is 24.6 Å². The van der Waals surface area contributed by atoms with Crippen LogP contribution in [-0.2, 0) is 11.2 Å². The maximum atomic E-state index is 9.19. The molecule has 1 heterocycles. The highest BCUT2D eigenvalue weighted by molar-refractivity contribution is 5.28. The van der Waals surface area contributed by atoms with Crippen molar-refractivity contribution in [1.29, 1.82) is 5.26 Å². The molecule has 2 rings (SSSR count). The van der Waals surface area contributed by atoms with Crippen molar-refractivity contribution in [3.8, 4) is 11.8 Å². The third-order valence-corrected chi connectivity index (χ3v) is 3.49. The lowest BCUT2D eigenvalue weighted by molar-refractivity contribution is -0.0965. The zero-order valence-electron chi connectivity index (χ0n) is 12.4. The minimum absolute atomic E-state index is 0.0576. The average molecular weight is 290 g/mol. The number of hydrogen-bond donors (Lipinski definition) is 1. The lowest BCUT2D eigenvalue weighted by Gasteiger charge is -2.35. The van der Waals surface area contributed by atoms with Crippen LogP contribution in [0, 0.1) is 11.3 Å². The Kier molecular flexibility index (Phi) is 6.00. The van der Waals surface area contributed by atoms with Crippen molar-refractivity contribution in [2.45, 2.75) is 25.6 Å². The van der Waals surface area contributed by atoms with Crippen molar-refractivity contribution in [3.63, 3.8) is 0 Å². The van der Waals surface area contributed by atoms with E-state index in [0.717, 1.165) is 30.9 Å². The fourth-order valence-corrected chi connectivity index (χ4v) is 2.51. The number of ether oxygens (including phenoxy) is 2. The fourth-order valence-electron chi connectivity index (χ4n) is 2.51. The Labute approximate surface area is 125 Å². The molecule has 0 radical (unpaired) electrons. The maximum Gasteiger partial charge on any atom is 0.119 e. The van der Waals surface area contributed by atoms with Crippen molar-refractivity contribution in [1.82, 2.24) is 4.90 Å². The molecule has 1 aliphatic rings. The van der Waals surface area contributed by atoms with Gasteiger partial charge in [0.15, 0.2) is 0 Å². The molecule has 1 aromatic carbocycles. The molecule has 0 spiro atoms. The van der Waals surface area contributed by atoms with Crippen LogP contribution in [0.3, 0.4) is 0 Å². The number of nitriles is 1. The highest BCUT2D eigenvalue weighted by Gasteiger charge is 2.24. The summed E-state index contributed by atoms with van der Waals surface area (Å²) in [5, 5.41) is 17.8. The molecule has 0 bridgehead atoms. The van der Waals surface area contributed by atoms with E-state index in [9.17, 15) is 5.11 Å². The average Bonchev–Trinajstić information content (AvgIpc) is 2.49. The Hall–Kier alpha value is -1.61. The predicted octanol–water partition coefficient (Wildman–Crippen LogP) is 1.21. The number of benzene rings is 1. The minimum atomic E-state index is -0.0981. The number of aliphatic hydroxyl groups is 1. The van der Waals surface area contributed by atoms with E-state index >= 15 is 0 Å². The lowest BCUT2D eigenvalue weighted by atomic mass is 10.2. The SMILES string of the molecule is CC1CN(CCOc2ccc(CC#N)cc2)CC(CO)O1. The van der Waals surface area contributed by atoms with E-state index in [1.54, 1.807) is 0 Å². The molecule has 1 aromatic rings. The quantitative estimate of drug-likeness (QED) is 0.853. The third-order valence-electron chi connectivity index (χ3n) is 3.49. The molecule has 1 N–H and O–H groups in total. The fraction of sp³-hybridized carbons (Fsp3) is 0.562. The summed E-state index contributed by atoms with van der Waals surface area (Å²) >= 11 is 0. The molecule has 2 unspecified atom stereocenters. The standard InChI is InChI=1S/C16H22N2O3/c1-13-10-18(11-16(12-19)21-13)8-9-20-15-4-2-14(3-5-15)6-7-17/h2-5,13,16,19H,6,8-12H2,1H3. The molecule has 0 saturated carbocycles. The van der Waals surface area contributed by atoms with Crippen LogP contribution in [0.4, 0.5) is 0 Å². The molecule has 5 heteroatoms. The van der Waals surface area contributed by atoms with Gasteiger partial charge < -0.3 is 14.6 Å². The van der Waals surface area contributed by atoms with E-state index in [1.165, 1.54) is 0 Å². The molecule has 0 amide bonds. The summed E-state index contributed by atoms with van der Waals surface area (Å²) in [5.41, 5.74) is 0.998. The Bertz CT molecular complexity index is 469. The summed E-state index contributed by atoms with van der Waals surface area (Å²) in [7, 11) is 0. The van der Waals surface area contributed by atoms with Gasteiger partial charge in [-0.1, -0.05) is 12.1 Å². The van der Waals surface area contributed by atoms with Crippen LogP contribution in [0.1, 0.15) is 12.5 Å². The molecule has 1 saturated heterocycles. The zero-order valence-corrected chi connectivity index (χ0v) is 12.4. The molecule has 0 aliphatic carbocycles. The monoisotopic (exact) mass is 290 g/mol. The van der Waals surface area contributed by atoms with Crippen LogP contribution in [0.5, 0.6) is 5.75 Å². The summed E-state index contributed by atoms with van der Waals surface area (Å²) < 4.78 is 11.3. The first-order chi connectivity index (χ1) is 10.2. The van der Waals surface area contributed by atoms with Crippen molar-refractivity contribution >= 4 is 0 Å². The number of morpholine rings is 1. The first-order valence-electron chi connectivity index (χ1n) is 7.28. The van der Waals surface area contributed by atoms with Gasteiger partial charge in [-0.15, -0.1) is 0 Å². The largest absolute Gasteiger partial charge is 0.492 e. The normalized spacial score (nSPS) is 22.7. The number of nitrogens with zero attached hydrogens (tertiary/aromatic N) is 2. The Morgan fingerprint density at radius 1 is 1.38 bits per heavy atom. The molecular weight excluding hydrogens is 268 g/mol. The summed E-state index contributed by atoms with van der Waals surface area (Å²) in [5.74, 6) is 0.816. The Morgan fingerprint density at radius 3 is 2.81 bits per heavy atom. The summed E-state index contributed by atoms with van der Waals surface area (Å²) in [6.45, 7) is 5.09. The van der Waals surface area contributed by atoms with Crippen LogP contribution in [0.2, 0.25) is 0 Å². The topological polar surface area (TPSA) is 65.7 Å². The van der Waals surface area contributed by atoms with Gasteiger partial charge in [0.2, 0.25) is 0 Å². The molecule has 21 heavy (non-hydrogen) atoms. The lowest BCUT2D eigenvalue weighted by Crippen LogP contribution is -2.49. The molecule has 5 nitrogen and oxygen atoms in total. The molecule has 0 aromatic heterocycles. The van der Waals surface area contributed by atoms with Crippen LogP contribution >= 0.6 is 0 Å². The van der Waals surface area contributed by atoms with Crippen LogP contribution in [0.15, 0.2) is 24.3 Å². The van der Waals surface area contributed by atoms with E-state index in [1.807, 2.05) is 31.2 Å². The second-order valence-corrected chi connectivity index (χ2v) is 5.34. The first-order valence-corrected chi connectivity index (χ1v) is 7.28. The van der Waals surface area contributed by atoms with Crippen LogP contribution in [0.25, 0.3) is 0 Å². The van der Waals surface area contributed by atoms with Crippen LogP contribution < -0.4 is 4.74 Å². The van der Waals surface area contributed by atoms with E-state index in [0.29, 0.717) is 13.0 Å². The smallest absolute Gasteiger partial charge is 0.119 e. The summed E-state index contributed by atoms with van der Waals surface area (Å²) in [4.78, 5) is 2.25. The van der Waals surface area contributed by atoms with E-state index in [2.05, 4.69) is 11.0 Å². The van der Waals surface area contributed by atoms with Gasteiger partial charge in [0.25, 0.3) is 0 Å². The Morgan fingerprint density at radius 2 is 2.14 bits per heavy atom. The second kappa shape index (κ2) is 7.99. The predicted molar refractivity (Wildman–Crippen MR) is 79.1 cm³/mol. The number of rotatable bonds is 6. The molecule has 1 aliphatic heterocycles. The second-order valence-electron chi connectivity index (χ2n) is 5.34. The number of hydrogen-bond acceptors (Lipinski definition) is 5. The van der Waals surface area contributed by atoms with Gasteiger partial charge in [0, 0.05) is 19.6 Å². The van der Waals surface area contributed by atoms with Crippen molar-refractivity contribution in [2.75, 3.05) is 32.8 Å². The summed E-state index contributed by atoms with van der Waals surface area (Å²) in [6.07, 6.45) is 0.467. The minimum Gasteiger partial charge on any atom is -0.492 e. The Balaban J connectivity index is 1.74. The molecular formula is C16H22N2O3. The zero-order chi connectivity index (χ0) is 15.1. The van der Waals surface area contributed by atoms with Gasteiger partial charge in [0.05, 0.1) is 31.3 Å². The highest BCUT2D eigenvalue weighted by Crippen LogP contribution is 2.14. The third kappa shape index (κ3) is 5.01. The molecule has 1 fully saturated rings. The van der Waals surface area contributed by atoms with Crippen molar-refractivity contribution in [2.24, 2.45) is 0 Å². The molecule has 114 valence electrons. The molecule has 2 atom stereocenters. The first kappa shape index (κ1) is 15.8. The maximum absolute atomic E-state index is 9.19. The van der Waals surface area contributed by atoms with Gasteiger partial charge in [-0.25, -0.2) is 0 Å². The number of aliphatic hydroxyl groups excluding tert-OH is 1.